The third-order valence-electron chi connectivity index (χ3n) is 3.75. The number of likely N-dealkylation sites (N-methyl/N-ethyl adjacent to an activating group) is 1. The molecule has 1 fully saturated rings. The van der Waals surface area contributed by atoms with Crippen molar-refractivity contribution in [1.82, 2.24) is 4.90 Å². The second-order valence-electron chi connectivity index (χ2n) is 5.50. The molecule has 2 N–H and O–H groups in total. The topological polar surface area (TPSA) is 45.0 Å². The van der Waals surface area contributed by atoms with Gasteiger partial charge in [0.25, 0.3) is 0 Å². The summed E-state index contributed by atoms with van der Waals surface area (Å²) < 4.78 is 1.54. The molecule has 1 aromatic rings. The molecule has 1 aliphatic rings. The van der Waals surface area contributed by atoms with Crippen LogP contribution >= 0.6 is 39.9 Å². The van der Waals surface area contributed by atoms with Gasteiger partial charge in [-0.05, 0) is 25.1 Å². The van der Waals surface area contributed by atoms with Gasteiger partial charge in [0.05, 0.1) is 44.0 Å². The van der Waals surface area contributed by atoms with Crippen LogP contribution in [0.4, 0.5) is 0 Å². The maximum Gasteiger partial charge on any atom is 0.179 e. The van der Waals surface area contributed by atoms with E-state index >= 15 is 0 Å². The zero-order chi connectivity index (χ0) is 16.3. The van der Waals surface area contributed by atoms with E-state index in [1.54, 1.807) is 12.1 Å². The lowest BCUT2D eigenvalue weighted by Gasteiger charge is -2.32. The number of phenols is 1. The molecule has 22 heavy (non-hydrogen) atoms. The van der Waals surface area contributed by atoms with Crippen molar-refractivity contribution >= 4 is 50.0 Å². The molecule has 1 aliphatic heterocycles. The summed E-state index contributed by atoms with van der Waals surface area (Å²) in [4.78, 5) is 16.2. The molecule has 4 nitrogen and oxygen atoms in total. The molecule has 0 unspecified atom stereocenters. The number of benzene rings is 1. The minimum Gasteiger partial charge on any atom is -0.507 e. The van der Waals surface area contributed by atoms with Gasteiger partial charge >= 0.3 is 0 Å². The summed E-state index contributed by atoms with van der Waals surface area (Å²) in [6.45, 7) is 5.83. The van der Waals surface area contributed by atoms with Crippen LogP contribution in [0.2, 0.25) is 0 Å². The van der Waals surface area contributed by atoms with Gasteiger partial charge in [0, 0.05) is 4.47 Å². The number of thiocarbonyl (C=S) groups is 1. The van der Waals surface area contributed by atoms with Gasteiger partial charge in [0.15, 0.2) is 5.78 Å². The normalized spacial score (nSPS) is 17.3. The second kappa shape index (κ2) is 7.77. The van der Waals surface area contributed by atoms with Crippen molar-refractivity contribution in [3.63, 3.8) is 0 Å². The van der Waals surface area contributed by atoms with E-state index in [-0.39, 0.29) is 16.8 Å². The Morgan fingerprint density at radius 2 is 2.09 bits per heavy atom. The van der Waals surface area contributed by atoms with E-state index in [2.05, 4.69) is 27.9 Å². The summed E-state index contributed by atoms with van der Waals surface area (Å²) in [6.07, 6.45) is 0. The zero-order valence-electron chi connectivity index (χ0n) is 12.6. The lowest BCUT2D eigenvalue weighted by molar-refractivity contribution is -0.883. The fourth-order valence-corrected chi connectivity index (χ4v) is 4.12. The van der Waals surface area contributed by atoms with Crippen molar-refractivity contribution in [3.05, 3.63) is 28.2 Å². The number of thioether (sulfide) groups is 1. The van der Waals surface area contributed by atoms with Crippen molar-refractivity contribution in [2.45, 2.75) is 12.2 Å². The maximum absolute atomic E-state index is 12.5. The second-order valence-corrected chi connectivity index (χ2v) is 8.39. The molecule has 0 saturated carbocycles. The summed E-state index contributed by atoms with van der Waals surface area (Å²) in [5.74, 6) is -0.0966. The van der Waals surface area contributed by atoms with Crippen LogP contribution in [-0.4, -0.2) is 58.6 Å². The maximum atomic E-state index is 12.5. The number of piperazine rings is 1. The summed E-state index contributed by atoms with van der Waals surface area (Å²) in [6, 6.07) is 4.88. The van der Waals surface area contributed by atoms with Gasteiger partial charge in [-0.3, -0.25) is 4.79 Å². The molecular weight excluding hydrogens is 384 g/mol. The molecular formula is C15H20BrN2O2S2+. The van der Waals surface area contributed by atoms with Gasteiger partial charge in [-0.2, -0.15) is 0 Å². The molecule has 0 bridgehead atoms. The van der Waals surface area contributed by atoms with Gasteiger partial charge in [0.2, 0.25) is 0 Å². The van der Waals surface area contributed by atoms with E-state index in [4.69, 9.17) is 12.2 Å². The largest absolute Gasteiger partial charge is 0.507 e. The quantitative estimate of drug-likeness (QED) is 0.592. The standard InChI is InChI=1S/C15H19BrN2O2S2/c1-10(14(20)12-9-11(16)3-4-13(12)19)22-15(21)18-7-5-17(2)6-8-18/h3-4,9-10,19H,5-8H2,1-2H3/p+1/t10-/m1/s1. The first-order valence-electron chi connectivity index (χ1n) is 7.18. The molecule has 120 valence electrons. The van der Waals surface area contributed by atoms with Crippen molar-refractivity contribution in [2.24, 2.45) is 0 Å². The Bertz CT molecular complexity index is 575. The van der Waals surface area contributed by atoms with E-state index in [9.17, 15) is 9.90 Å². The highest BCUT2D eigenvalue weighted by Gasteiger charge is 2.25. The summed E-state index contributed by atoms with van der Waals surface area (Å²) in [5.41, 5.74) is 0.333. The molecule has 1 aromatic carbocycles. The third kappa shape index (κ3) is 4.44. The molecule has 2 rings (SSSR count). The van der Waals surface area contributed by atoms with Crippen LogP contribution in [0.1, 0.15) is 17.3 Å². The monoisotopic (exact) mass is 403 g/mol. The highest BCUT2D eigenvalue weighted by atomic mass is 79.9. The molecule has 1 atom stereocenters. The highest BCUT2D eigenvalue weighted by molar-refractivity contribution is 9.10. The Kier molecular flexibility index (Phi) is 6.26. The van der Waals surface area contributed by atoms with E-state index in [1.807, 2.05) is 6.92 Å². The minimum absolute atomic E-state index is 0.00904. The van der Waals surface area contributed by atoms with Crippen LogP contribution in [0, 0.1) is 0 Å². The zero-order valence-corrected chi connectivity index (χ0v) is 15.9. The van der Waals surface area contributed by atoms with Crippen LogP contribution in [0.5, 0.6) is 5.75 Å². The smallest absolute Gasteiger partial charge is 0.179 e. The average Bonchev–Trinajstić information content (AvgIpc) is 2.49. The molecule has 1 saturated heterocycles. The summed E-state index contributed by atoms with van der Waals surface area (Å²) in [7, 11) is 2.18. The number of aromatic hydroxyl groups is 1. The number of nitrogens with zero attached hydrogens (tertiary/aromatic N) is 1. The highest BCUT2D eigenvalue weighted by Crippen LogP contribution is 2.27. The van der Waals surface area contributed by atoms with Crippen molar-refractivity contribution < 1.29 is 14.8 Å². The SMILES string of the molecule is C[C@@H](SC(=S)N1CC[NH+](C)CC1)C(=O)c1cc(Br)ccc1O. The van der Waals surface area contributed by atoms with E-state index in [0.717, 1.165) is 35.0 Å². The number of rotatable bonds is 3. The van der Waals surface area contributed by atoms with Gasteiger partial charge in [0.1, 0.15) is 10.1 Å². The third-order valence-corrected chi connectivity index (χ3v) is 5.81. The Morgan fingerprint density at radius 1 is 1.45 bits per heavy atom. The number of phenolic OH excluding ortho intramolecular Hbond substituents is 1. The number of quaternary nitrogens is 1. The number of halogens is 1. The molecule has 0 spiro atoms. The van der Waals surface area contributed by atoms with Crippen LogP contribution < -0.4 is 4.90 Å². The fraction of sp³-hybridized carbons (Fsp3) is 0.467. The van der Waals surface area contributed by atoms with Crippen molar-refractivity contribution in [3.8, 4) is 5.75 Å². The number of Topliss-reactive ketones (excluding diaryl/α,β-unsaturated/α-hetero) is 1. The molecule has 0 amide bonds. The number of nitrogens with one attached hydrogen (secondary N) is 1. The summed E-state index contributed by atoms with van der Waals surface area (Å²) >= 11 is 10.2. The number of carbonyl (C=O) groups is 1. The first kappa shape index (κ1) is 17.7. The molecule has 7 heteroatoms. The molecule has 1 heterocycles. The Morgan fingerprint density at radius 3 is 2.73 bits per heavy atom. The number of carbonyl (C=O) groups excluding carboxylic acids is 1. The van der Waals surface area contributed by atoms with Gasteiger partial charge < -0.3 is 14.9 Å². The lowest BCUT2D eigenvalue weighted by atomic mass is 10.1. The molecule has 0 aromatic heterocycles. The summed E-state index contributed by atoms with van der Waals surface area (Å²) in [5, 5.41) is 9.55. The number of ketones is 1. The van der Waals surface area contributed by atoms with Gasteiger partial charge in [-0.15, -0.1) is 0 Å². The minimum atomic E-state index is -0.320. The number of hydrogen-bond donors (Lipinski definition) is 2. The predicted molar refractivity (Wildman–Crippen MR) is 98.0 cm³/mol. The number of hydrogen-bond acceptors (Lipinski definition) is 4. The van der Waals surface area contributed by atoms with Crippen LogP contribution in [0.3, 0.4) is 0 Å². The molecule has 0 radical (unpaired) electrons. The fourth-order valence-electron chi connectivity index (χ4n) is 2.27. The van der Waals surface area contributed by atoms with E-state index in [0.29, 0.717) is 5.56 Å². The predicted octanol–water partition coefficient (Wildman–Crippen LogP) is 1.57. The first-order valence-corrected chi connectivity index (χ1v) is 9.26. The van der Waals surface area contributed by atoms with Crippen molar-refractivity contribution in [1.29, 1.82) is 0 Å². The van der Waals surface area contributed by atoms with Crippen LogP contribution in [0.25, 0.3) is 0 Å². The average molecular weight is 404 g/mol. The van der Waals surface area contributed by atoms with Crippen molar-refractivity contribution in [2.75, 3.05) is 33.2 Å². The van der Waals surface area contributed by atoms with E-state index < -0.39 is 0 Å². The molecule has 0 aliphatic carbocycles. The Balaban J connectivity index is 1.99. The Labute approximate surface area is 149 Å². The lowest BCUT2D eigenvalue weighted by Crippen LogP contribution is -3.12. The van der Waals surface area contributed by atoms with Crippen LogP contribution in [0.15, 0.2) is 22.7 Å². The van der Waals surface area contributed by atoms with E-state index in [1.165, 1.54) is 22.7 Å². The Hall–Kier alpha value is -0.630. The van der Waals surface area contributed by atoms with Crippen LogP contribution in [-0.2, 0) is 0 Å². The first-order chi connectivity index (χ1) is 10.4. The van der Waals surface area contributed by atoms with Gasteiger partial charge in [-0.1, -0.05) is 39.9 Å². The van der Waals surface area contributed by atoms with Gasteiger partial charge in [-0.25, -0.2) is 0 Å².